The van der Waals surface area contributed by atoms with Crippen molar-refractivity contribution in [2.75, 3.05) is 27.9 Å². The number of ether oxygens (including phenoxy) is 3. The molecule has 0 bridgehead atoms. The fraction of sp³-hybridized carbons (Fsp3) is 0.450. The number of carbonyl (C=O) groups is 1. The third-order valence-corrected chi connectivity index (χ3v) is 5.77. The van der Waals surface area contributed by atoms with E-state index >= 15 is 0 Å². The molecule has 1 fully saturated rings. The van der Waals surface area contributed by atoms with Crippen molar-refractivity contribution in [3.8, 4) is 17.2 Å². The number of nitrogens with zero attached hydrogens (tertiary/aromatic N) is 1. The van der Waals surface area contributed by atoms with Crippen molar-refractivity contribution < 1.29 is 19.0 Å². The standard InChI is InChI=1S/C20H25NO4S/c1-23-16-12-14(13-17(24-2)20(16)25-3)8-9-19(22)21-10-4-6-15(21)18-7-5-11-26-18/h5,7,11-13,15H,4,6,8-10H2,1-3H3. The molecule has 0 saturated carbocycles. The van der Waals surface area contributed by atoms with Gasteiger partial charge < -0.3 is 19.1 Å². The number of rotatable bonds is 7. The number of amides is 1. The molecule has 1 unspecified atom stereocenters. The molecule has 6 heteroatoms. The van der Waals surface area contributed by atoms with E-state index in [1.807, 2.05) is 17.0 Å². The highest BCUT2D eigenvalue weighted by atomic mass is 32.1. The van der Waals surface area contributed by atoms with Crippen molar-refractivity contribution in [3.05, 3.63) is 40.1 Å². The lowest BCUT2D eigenvalue weighted by atomic mass is 10.1. The Labute approximate surface area is 158 Å². The van der Waals surface area contributed by atoms with E-state index < -0.39 is 0 Å². The molecule has 0 N–H and O–H groups in total. The Hall–Kier alpha value is -2.21. The van der Waals surface area contributed by atoms with Gasteiger partial charge in [0.05, 0.1) is 27.4 Å². The molecule has 2 heterocycles. The van der Waals surface area contributed by atoms with Gasteiger partial charge in [0.15, 0.2) is 11.5 Å². The Morgan fingerprint density at radius 1 is 1.19 bits per heavy atom. The monoisotopic (exact) mass is 375 g/mol. The van der Waals surface area contributed by atoms with E-state index in [0.717, 1.165) is 24.9 Å². The number of methoxy groups -OCH3 is 3. The summed E-state index contributed by atoms with van der Waals surface area (Å²) in [5.41, 5.74) is 1.000. The summed E-state index contributed by atoms with van der Waals surface area (Å²) in [4.78, 5) is 16.1. The van der Waals surface area contributed by atoms with Gasteiger partial charge in [-0.2, -0.15) is 0 Å². The molecule has 0 aliphatic carbocycles. The van der Waals surface area contributed by atoms with Gasteiger partial charge in [0.25, 0.3) is 0 Å². The van der Waals surface area contributed by atoms with Gasteiger partial charge in [-0.15, -0.1) is 11.3 Å². The Balaban J connectivity index is 1.69. The van der Waals surface area contributed by atoms with Crippen LogP contribution in [-0.4, -0.2) is 38.7 Å². The number of thiophene rings is 1. The van der Waals surface area contributed by atoms with Crippen LogP contribution in [0.3, 0.4) is 0 Å². The molecule has 140 valence electrons. The number of aryl methyl sites for hydroxylation is 1. The second kappa shape index (κ2) is 8.45. The molecular weight excluding hydrogens is 350 g/mol. The van der Waals surface area contributed by atoms with Crippen LogP contribution in [-0.2, 0) is 11.2 Å². The first kappa shape index (κ1) is 18.6. The van der Waals surface area contributed by atoms with Crippen LogP contribution in [0.4, 0.5) is 0 Å². The fourth-order valence-corrected chi connectivity index (χ4v) is 4.39. The molecule has 1 amide bonds. The van der Waals surface area contributed by atoms with Crippen molar-refractivity contribution in [3.63, 3.8) is 0 Å². The summed E-state index contributed by atoms with van der Waals surface area (Å²) in [7, 11) is 4.78. The van der Waals surface area contributed by atoms with Gasteiger partial charge in [0.2, 0.25) is 11.7 Å². The predicted octanol–water partition coefficient (Wildman–Crippen LogP) is 4.07. The molecule has 26 heavy (non-hydrogen) atoms. The van der Waals surface area contributed by atoms with Crippen molar-refractivity contribution in [1.29, 1.82) is 0 Å². The molecule has 1 saturated heterocycles. The predicted molar refractivity (Wildman–Crippen MR) is 102 cm³/mol. The summed E-state index contributed by atoms with van der Waals surface area (Å²) in [6, 6.07) is 8.24. The van der Waals surface area contributed by atoms with E-state index in [1.54, 1.807) is 32.7 Å². The quantitative estimate of drug-likeness (QED) is 0.732. The maximum absolute atomic E-state index is 12.8. The molecule has 0 radical (unpaired) electrons. The largest absolute Gasteiger partial charge is 0.493 e. The summed E-state index contributed by atoms with van der Waals surface area (Å²) in [5, 5.41) is 2.08. The first-order valence-electron chi connectivity index (χ1n) is 8.79. The van der Waals surface area contributed by atoms with E-state index in [0.29, 0.717) is 30.1 Å². The van der Waals surface area contributed by atoms with Gasteiger partial charge in [-0.3, -0.25) is 4.79 Å². The topological polar surface area (TPSA) is 48.0 Å². The SMILES string of the molecule is COc1cc(CCC(=O)N2CCCC2c2cccs2)cc(OC)c1OC. The van der Waals surface area contributed by atoms with Crippen LogP contribution in [0.1, 0.15) is 35.7 Å². The van der Waals surface area contributed by atoms with Crippen LogP contribution in [0.5, 0.6) is 17.2 Å². The zero-order valence-corrected chi connectivity index (χ0v) is 16.3. The van der Waals surface area contributed by atoms with E-state index in [1.165, 1.54) is 4.88 Å². The zero-order valence-electron chi connectivity index (χ0n) is 15.5. The fourth-order valence-electron chi connectivity index (χ4n) is 3.52. The highest BCUT2D eigenvalue weighted by Gasteiger charge is 2.30. The third kappa shape index (κ3) is 3.80. The molecule has 1 aromatic heterocycles. The van der Waals surface area contributed by atoms with Gasteiger partial charge in [-0.25, -0.2) is 0 Å². The minimum absolute atomic E-state index is 0.203. The Morgan fingerprint density at radius 3 is 2.50 bits per heavy atom. The van der Waals surface area contributed by atoms with Crippen LogP contribution in [0.15, 0.2) is 29.6 Å². The van der Waals surface area contributed by atoms with Gasteiger partial charge in [0.1, 0.15) is 0 Å². The average Bonchev–Trinajstić information content (AvgIpc) is 3.35. The van der Waals surface area contributed by atoms with Crippen molar-refractivity contribution in [2.24, 2.45) is 0 Å². The molecule has 0 spiro atoms. The lowest BCUT2D eigenvalue weighted by molar-refractivity contribution is -0.132. The summed E-state index contributed by atoms with van der Waals surface area (Å²) < 4.78 is 16.1. The summed E-state index contributed by atoms with van der Waals surface area (Å²) in [5.74, 6) is 2.01. The molecular formula is C20H25NO4S. The number of hydrogen-bond acceptors (Lipinski definition) is 5. The summed E-state index contributed by atoms with van der Waals surface area (Å²) >= 11 is 1.73. The Morgan fingerprint density at radius 2 is 1.92 bits per heavy atom. The highest BCUT2D eigenvalue weighted by molar-refractivity contribution is 7.10. The first-order valence-corrected chi connectivity index (χ1v) is 9.67. The maximum atomic E-state index is 12.8. The average molecular weight is 375 g/mol. The lowest BCUT2D eigenvalue weighted by Gasteiger charge is -2.24. The molecule has 3 rings (SSSR count). The normalized spacial score (nSPS) is 16.6. The van der Waals surface area contributed by atoms with E-state index in [4.69, 9.17) is 14.2 Å². The molecule has 1 aliphatic rings. The van der Waals surface area contributed by atoms with Crippen LogP contribution < -0.4 is 14.2 Å². The minimum Gasteiger partial charge on any atom is -0.493 e. The summed E-state index contributed by atoms with van der Waals surface area (Å²) in [6.45, 7) is 0.844. The second-order valence-electron chi connectivity index (χ2n) is 6.29. The number of hydrogen-bond donors (Lipinski definition) is 0. The Bertz CT molecular complexity index is 719. The van der Waals surface area contributed by atoms with Crippen LogP contribution in [0.2, 0.25) is 0 Å². The highest BCUT2D eigenvalue weighted by Crippen LogP contribution is 2.39. The van der Waals surface area contributed by atoms with Crippen molar-refractivity contribution >= 4 is 17.2 Å². The van der Waals surface area contributed by atoms with Gasteiger partial charge in [-0.1, -0.05) is 6.07 Å². The zero-order chi connectivity index (χ0) is 18.5. The number of benzene rings is 1. The van der Waals surface area contributed by atoms with Crippen molar-refractivity contribution in [2.45, 2.75) is 31.7 Å². The van der Waals surface area contributed by atoms with E-state index in [2.05, 4.69) is 17.5 Å². The van der Waals surface area contributed by atoms with Crippen LogP contribution >= 0.6 is 11.3 Å². The first-order chi connectivity index (χ1) is 12.7. The second-order valence-corrected chi connectivity index (χ2v) is 7.27. The lowest BCUT2D eigenvalue weighted by Crippen LogP contribution is -2.30. The Kier molecular flexibility index (Phi) is 6.04. The minimum atomic E-state index is 0.203. The molecule has 1 aromatic carbocycles. The van der Waals surface area contributed by atoms with Crippen molar-refractivity contribution in [1.82, 2.24) is 4.90 Å². The molecule has 2 aromatic rings. The smallest absolute Gasteiger partial charge is 0.223 e. The van der Waals surface area contributed by atoms with Gasteiger partial charge >= 0.3 is 0 Å². The molecule has 1 aliphatic heterocycles. The van der Waals surface area contributed by atoms with Crippen LogP contribution in [0, 0.1) is 0 Å². The molecule has 5 nitrogen and oxygen atoms in total. The van der Waals surface area contributed by atoms with Gasteiger partial charge in [0, 0.05) is 17.8 Å². The van der Waals surface area contributed by atoms with E-state index in [-0.39, 0.29) is 11.9 Å². The van der Waals surface area contributed by atoms with Crippen LogP contribution in [0.25, 0.3) is 0 Å². The third-order valence-electron chi connectivity index (χ3n) is 4.80. The van der Waals surface area contributed by atoms with E-state index in [9.17, 15) is 4.79 Å². The van der Waals surface area contributed by atoms with Gasteiger partial charge in [-0.05, 0) is 48.4 Å². The summed E-state index contributed by atoms with van der Waals surface area (Å²) in [6.07, 6.45) is 3.23. The molecule has 1 atom stereocenters. The number of carbonyl (C=O) groups excluding carboxylic acids is 1. The maximum Gasteiger partial charge on any atom is 0.223 e. The number of likely N-dealkylation sites (tertiary alicyclic amines) is 1.